The monoisotopic (exact) mass is 315 g/mol. The highest BCUT2D eigenvalue weighted by Gasteiger charge is 2.14. The predicted octanol–water partition coefficient (Wildman–Crippen LogP) is -0.128. The van der Waals surface area contributed by atoms with E-state index in [2.05, 4.69) is 35.0 Å². The van der Waals surface area contributed by atoms with Crippen LogP contribution in [0.1, 0.15) is 29.2 Å². The third-order valence-electron chi connectivity index (χ3n) is 3.16. The zero-order chi connectivity index (χ0) is 16.2. The number of aromatic amines is 1. The molecule has 0 aliphatic heterocycles. The van der Waals surface area contributed by atoms with Crippen molar-refractivity contribution >= 4 is 5.91 Å². The number of carbonyl (C=O) groups excluding carboxylic acids is 1. The highest BCUT2D eigenvalue weighted by molar-refractivity contribution is 5.92. The molecule has 10 heteroatoms. The van der Waals surface area contributed by atoms with Crippen molar-refractivity contribution in [1.29, 1.82) is 0 Å². The van der Waals surface area contributed by atoms with Crippen LogP contribution in [-0.2, 0) is 0 Å². The van der Waals surface area contributed by atoms with Crippen LogP contribution in [0.2, 0.25) is 0 Å². The number of amides is 1. The number of nitrogens with one attached hydrogen (secondary N) is 2. The summed E-state index contributed by atoms with van der Waals surface area (Å²) in [6.45, 7) is 2.09. The van der Waals surface area contributed by atoms with Crippen LogP contribution in [0.4, 0.5) is 0 Å². The van der Waals surface area contributed by atoms with E-state index in [1.165, 1.54) is 23.5 Å². The van der Waals surface area contributed by atoms with Gasteiger partial charge in [0.05, 0.1) is 11.9 Å². The third-order valence-corrected chi connectivity index (χ3v) is 3.16. The largest absolute Gasteiger partial charge is 0.438 e. The molecule has 0 spiro atoms. The molecular weight excluding hydrogens is 302 g/mol. The van der Waals surface area contributed by atoms with Crippen LogP contribution in [-0.4, -0.2) is 42.3 Å². The van der Waals surface area contributed by atoms with Gasteiger partial charge in [-0.2, -0.15) is 5.10 Å². The van der Waals surface area contributed by atoms with Crippen LogP contribution in [0.5, 0.6) is 0 Å². The van der Waals surface area contributed by atoms with Gasteiger partial charge in [-0.3, -0.25) is 14.3 Å². The lowest BCUT2D eigenvalue weighted by Crippen LogP contribution is -2.28. The smallest absolute Gasteiger partial charge is 0.350 e. The maximum atomic E-state index is 12.1. The van der Waals surface area contributed by atoms with E-state index in [9.17, 15) is 9.59 Å². The van der Waals surface area contributed by atoms with E-state index in [1.807, 2.05) is 0 Å². The second-order valence-corrected chi connectivity index (χ2v) is 4.83. The first kappa shape index (κ1) is 14.6. The Labute approximate surface area is 129 Å². The Balaban J connectivity index is 1.61. The fourth-order valence-corrected chi connectivity index (χ4v) is 1.88. The lowest BCUT2D eigenvalue weighted by molar-refractivity contribution is 0.0946. The Morgan fingerprint density at radius 2 is 2.35 bits per heavy atom. The minimum Gasteiger partial charge on any atom is -0.350 e. The van der Waals surface area contributed by atoms with Crippen LogP contribution in [0, 0.1) is 0 Å². The molecule has 0 aromatic carbocycles. The van der Waals surface area contributed by atoms with Gasteiger partial charge in [-0.15, -0.1) is 0 Å². The fourth-order valence-electron chi connectivity index (χ4n) is 1.88. The molecule has 3 rings (SSSR count). The summed E-state index contributed by atoms with van der Waals surface area (Å²) in [7, 11) is 0. The highest BCUT2D eigenvalue weighted by Crippen LogP contribution is 2.08. The van der Waals surface area contributed by atoms with Gasteiger partial charge in [0.1, 0.15) is 18.3 Å². The van der Waals surface area contributed by atoms with Crippen molar-refractivity contribution in [2.75, 3.05) is 6.54 Å². The van der Waals surface area contributed by atoms with E-state index < -0.39 is 5.76 Å². The molecule has 10 nitrogen and oxygen atoms in total. The predicted molar refractivity (Wildman–Crippen MR) is 77.0 cm³/mol. The third kappa shape index (κ3) is 3.31. The molecule has 0 saturated carbocycles. The minimum absolute atomic E-state index is 0.195. The topological polar surface area (TPSA) is 132 Å². The minimum atomic E-state index is -0.622. The van der Waals surface area contributed by atoms with Gasteiger partial charge < -0.3 is 5.32 Å². The summed E-state index contributed by atoms with van der Waals surface area (Å²) < 4.78 is 5.97. The number of nitrogens with zero attached hydrogens (tertiary/aromatic N) is 5. The first-order chi connectivity index (χ1) is 11.1. The summed E-state index contributed by atoms with van der Waals surface area (Å²) in [5.41, 5.74) is 0.974. The molecule has 0 aliphatic carbocycles. The molecule has 2 N–H and O–H groups in total. The summed E-state index contributed by atoms with van der Waals surface area (Å²) in [6, 6.07) is 3.31. The average molecular weight is 315 g/mol. The molecule has 1 unspecified atom stereocenters. The molecular formula is C13H13N7O3. The first-order valence-corrected chi connectivity index (χ1v) is 6.78. The van der Waals surface area contributed by atoms with Crippen molar-refractivity contribution in [3.63, 3.8) is 0 Å². The summed E-state index contributed by atoms with van der Waals surface area (Å²) in [5.74, 6) is -0.763. The van der Waals surface area contributed by atoms with Gasteiger partial charge in [-0.25, -0.2) is 19.4 Å². The number of aromatic nitrogens is 6. The van der Waals surface area contributed by atoms with Crippen molar-refractivity contribution < 1.29 is 9.32 Å². The molecule has 3 heterocycles. The van der Waals surface area contributed by atoms with Gasteiger partial charge in [0.25, 0.3) is 5.91 Å². The second kappa shape index (κ2) is 6.22. The van der Waals surface area contributed by atoms with Crippen LogP contribution < -0.4 is 11.1 Å². The van der Waals surface area contributed by atoms with E-state index >= 15 is 0 Å². The maximum absolute atomic E-state index is 12.1. The summed E-state index contributed by atoms with van der Waals surface area (Å²) in [6.07, 6.45) is 4.48. The lowest BCUT2D eigenvalue weighted by atomic mass is 10.1. The zero-order valence-corrected chi connectivity index (χ0v) is 12.1. The van der Waals surface area contributed by atoms with Crippen molar-refractivity contribution in [3.8, 4) is 5.69 Å². The Hall–Kier alpha value is -3.30. The molecule has 23 heavy (non-hydrogen) atoms. The summed E-state index contributed by atoms with van der Waals surface area (Å²) in [5, 5.41) is 10.3. The van der Waals surface area contributed by atoms with Crippen LogP contribution >= 0.6 is 0 Å². The van der Waals surface area contributed by atoms with Gasteiger partial charge in [0, 0.05) is 12.5 Å². The molecule has 0 bridgehead atoms. The van der Waals surface area contributed by atoms with Crippen LogP contribution in [0.15, 0.2) is 40.3 Å². The molecule has 1 amide bonds. The van der Waals surface area contributed by atoms with Crippen molar-refractivity contribution in [2.45, 2.75) is 12.8 Å². The maximum Gasteiger partial charge on any atom is 0.438 e. The number of H-pyrrole nitrogens is 1. The average Bonchev–Trinajstić information content (AvgIpc) is 3.24. The molecule has 1 atom stereocenters. The number of carbonyl (C=O) groups is 1. The van der Waals surface area contributed by atoms with E-state index in [4.69, 9.17) is 0 Å². The Morgan fingerprint density at radius 3 is 2.96 bits per heavy atom. The standard InChI is InChI=1S/C13H13N7O3/c1-8(11-18-13(22)23-19-11)4-16-12(21)10-3-2-9(5-15-10)20-7-14-6-17-20/h2-3,5-8H,4H2,1H3,(H,16,21)(H,18,19,22). The molecule has 3 aromatic heterocycles. The van der Waals surface area contributed by atoms with Gasteiger partial charge >= 0.3 is 5.76 Å². The summed E-state index contributed by atoms with van der Waals surface area (Å²) >= 11 is 0. The fraction of sp³-hybridized carbons (Fsp3) is 0.231. The van der Waals surface area contributed by atoms with Crippen LogP contribution in [0.3, 0.4) is 0 Å². The van der Waals surface area contributed by atoms with E-state index in [0.717, 1.165) is 0 Å². The number of pyridine rings is 1. The molecule has 0 saturated heterocycles. The molecule has 118 valence electrons. The Morgan fingerprint density at radius 1 is 1.48 bits per heavy atom. The van der Waals surface area contributed by atoms with Gasteiger partial charge in [0.15, 0.2) is 5.82 Å². The Kier molecular flexibility index (Phi) is 3.95. The molecule has 0 radical (unpaired) electrons. The first-order valence-electron chi connectivity index (χ1n) is 6.78. The van der Waals surface area contributed by atoms with Gasteiger partial charge in [0.2, 0.25) is 0 Å². The van der Waals surface area contributed by atoms with Crippen LogP contribution in [0.25, 0.3) is 5.69 Å². The van der Waals surface area contributed by atoms with E-state index in [-0.39, 0.29) is 24.1 Å². The van der Waals surface area contributed by atoms with Crippen molar-refractivity contribution in [3.05, 3.63) is 53.1 Å². The molecule has 0 fully saturated rings. The summed E-state index contributed by atoms with van der Waals surface area (Å²) in [4.78, 5) is 33.3. The SMILES string of the molecule is CC(CNC(=O)c1ccc(-n2cncn2)cn1)c1noc(=O)[nH]1. The lowest BCUT2D eigenvalue weighted by Gasteiger charge is -2.09. The van der Waals surface area contributed by atoms with Gasteiger partial charge in [-0.1, -0.05) is 12.1 Å². The van der Waals surface area contributed by atoms with Crippen molar-refractivity contribution in [2.24, 2.45) is 0 Å². The normalized spacial score (nSPS) is 12.0. The second-order valence-electron chi connectivity index (χ2n) is 4.83. The number of hydrogen-bond acceptors (Lipinski definition) is 7. The molecule has 3 aromatic rings. The van der Waals surface area contributed by atoms with Crippen molar-refractivity contribution in [1.82, 2.24) is 35.2 Å². The van der Waals surface area contributed by atoms with E-state index in [0.29, 0.717) is 11.5 Å². The zero-order valence-electron chi connectivity index (χ0n) is 12.1. The number of rotatable bonds is 5. The molecule has 0 aliphatic rings. The highest BCUT2D eigenvalue weighted by atomic mass is 16.5. The van der Waals surface area contributed by atoms with E-state index in [1.54, 1.807) is 19.1 Å². The van der Waals surface area contributed by atoms with Gasteiger partial charge in [-0.05, 0) is 12.1 Å². The Bertz CT molecular complexity index is 835. The quantitative estimate of drug-likeness (QED) is 0.670. The number of hydrogen-bond donors (Lipinski definition) is 2.